The van der Waals surface area contributed by atoms with Crippen LogP contribution in [0.3, 0.4) is 0 Å². The molecule has 40 heavy (non-hydrogen) atoms. The van der Waals surface area contributed by atoms with Gasteiger partial charge in [0.05, 0.1) is 15.3 Å². The Morgan fingerprint density at radius 1 is 1.12 bits per heavy atom. The van der Waals surface area contributed by atoms with Gasteiger partial charge in [0.15, 0.2) is 0 Å². The Bertz CT molecular complexity index is 1060. The first-order chi connectivity index (χ1) is 19.5. The standard InChI is InChI=1S/C28H49N3O8S/c1-4-5-6-8-27-9-12-28(13-10-27,14-11-27)18-39-26(35)31-21(16-19(2)3)24(33)30-22(25(34)40(36,37)38)17-20-7-15-29-23(20)32/h19-22,25,34H,4-18H2,1-3H3,(H,29,32)(H,30,33)(H,31,35)(H,36,37,38)/t20-,21+,22+,25?,27?,28?/m1/s1/i18D2. The van der Waals surface area contributed by atoms with Crippen LogP contribution in [0.1, 0.15) is 107 Å². The summed E-state index contributed by atoms with van der Waals surface area (Å²) >= 11 is 0. The van der Waals surface area contributed by atoms with E-state index in [9.17, 15) is 32.5 Å². The van der Waals surface area contributed by atoms with Crippen LogP contribution in [0, 0.1) is 22.7 Å². The predicted molar refractivity (Wildman–Crippen MR) is 150 cm³/mol. The number of hydrogen-bond donors (Lipinski definition) is 5. The zero-order chi connectivity index (χ0) is 31.3. The summed E-state index contributed by atoms with van der Waals surface area (Å²) in [6.45, 7) is 3.88. The van der Waals surface area contributed by atoms with E-state index in [0.717, 1.165) is 32.1 Å². The normalized spacial score (nSPS) is 29.6. The van der Waals surface area contributed by atoms with Gasteiger partial charge in [0.25, 0.3) is 10.1 Å². The van der Waals surface area contributed by atoms with Crippen molar-refractivity contribution in [3.63, 3.8) is 0 Å². The predicted octanol–water partition coefficient (Wildman–Crippen LogP) is 3.27. The van der Waals surface area contributed by atoms with Crippen molar-refractivity contribution in [3.8, 4) is 0 Å². The van der Waals surface area contributed by atoms with Crippen LogP contribution in [0.4, 0.5) is 4.79 Å². The first kappa shape index (κ1) is 29.6. The minimum absolute atomic E-state index is 0.105. The van der Waals surface area contributed by atoms with Gasteiger partial charge in [-0.25, -0.2) is 4.79 Å². The molecule has 12 heteroatoms. The van der Waals surface area contributed by atoms with E-state index >= 15 is 0 Å². The van der Waals surface area contributed by atoms with E-state index in [1.54, 1.807) is 13.8 Å². The number of carbonyl (C=O) groups is 3. The Balaban J connectivity index is 1.67. The van der Waals surface area contributed by atoms with Gasteiger partial charge in [-0.1, -0.05) is 40.0 Å². The van der Waals surface area contributed by atoms with Gasteiger partial charge in [0.2, 0.25) is 17.3 Å². The number of amides is 3. The highest BCUT2D eigenvalue weighted by molar-refractivity contribution is 7.86. The quantitative estimate of drug-likeness (QED) is 0.143. The molecular weight excluding hydrogens is 538 g/mol. The maximum absolute atomic E-state index is 13.3. The third kappa shape index (κ3) is 8.79. The molecule has 2 bridgehead atoms. The number of alkyl carbamates (subject to hydrolysis) is 1. The topological polar surface area (TPSA) is 171 Å². The molecule has 230 valence electrons. The number of aliphatic hydroxyl groups is 1. The number of nitrogens with one attached hydrogen (secondary N) is 3. The number of fused-ring (bicyclic) bond motifs is 3. The van der Waals surface area contributed by atoms with Crippen molar-refractivity contribution >= 4 is 28.0 Å². The van der Waals surface area contributed by atoms with Crippen LogP contribution in [0.15, 0.2) is 0 Å². The van der Waals surface area contributed by atoms with E-state index in [1.165, 1.54) is 12.8 Å². The monoisotopic (exact) mass is 589 g/mol. The maximum atomic E-state index is 13.3. The smallest absolute Gasteiger partial charge is 0.407 e. The average Bonchev–Trinajstić information content (AvgIpc) is 3.31. The molecule has 0 spiro atoms. The summed E-state index contributed by atoms with van der Waals surface area (Å²) in [5.74, 6) is -2.00. The van der Waals surface area contributed by atoms with Gasteiger partial charge in [0, 0.05) is 17.9 Å². The Morgan fingerprint density at radius 3 is 2.27 bits per heavy atom. The van der Waals surface area contributed by atoms with Crippen LogP contribution < -0.4 is 16.0 Å². The van der Waals surface area contributed by atoms with Gasteiger partial charge in [-0.05, 0) is 75.5 Å². The summed E-state index contributed by atoms with van der Waals surface area (Å²) in [4.78, 5) is 38.4. The summed E-state index contributed by atoms with van der Waals surface area (Å²) in [5, 5.41) is 17.7. The number of rotatable bonds is 15. The third-order valence-corrected chi connectivity index (χ3v) is 10.0. The molecule has 1 unspecified atom stereocenters. The second-order valence-corrected chi connectivity index (χ2v) is 14.1. The molecule has 1 saturated heterocycles. The molecule has 3 saturated carbocycles. The summed E-state index contributed by atoms with van der Waals surface area (Å²) < 4.78 is 55.8. The summed E-state index contributed by atoms with van der Waals surface area (Å²) in [7, 11) is -4.98. The van der Waals surface area contributed by atoms with E-state index in [2.05, 4.69) is 22.9 Å². The largest absolute Gasteiger partial charge is 0.449 e. The summed E-state index contributed by atoms with van der Waals surface area (Å²) in [6, 6.07) is -2.77. The highest BCUT2D eigenvalue weighted by Gasteiger charge is 2.48. The maximum Gasteiger partial charge on any atom is 0.407 e. The molecule has 4 aliphatic rings. The first-order valence-corrected chi connectivity index (χ1v) is 16.3. The van der Waals surface area contributed by atoms with Gasteiger partial charge >= 0.3 is 6.09 Å². The zero-order valence-electron chi connectivity index (χ0n) is 26.0. The minimum atomic E-state index is -4.98. The molecule has 0 aromatic carbocycles. The fraction of sp³-hybridized carbons (Fsp3) is 0.893. The van der Waals surface area contributed by atoms with Crippen molar-refractivity contribution in [1.82, 2.24) is 16.0 Å². The Hall–Kier alpha value is -1.92. The first-order valence-electron chi connectivity index (χ1n) is 15.7. The van der Waals surface area contributed by atoms with Crippen molar-refractivity contribution in [2.75, 3.05) is 13.1 Å². The lowest BCUT2D eigenvalue weighted by molar-refractivity contribution is -0.126. The van der Waals surface area contributed by atoms with Gasteiger partial charge in [-0.15, -0.1) is 0 Å². The lowest BCUT2D eigenvalue weighted by Gasteiger charge is -2.53. The second-order valence-electron chi connectivity index (χ2n) is 12.6. The van der Waals surface area contributed by atoms with Crippen LogP contribution in [0.5, 0.6) is 0 Å². The van der Waals surface area contributed by atoms with Crippen molar-refractivity contribution in [2.45, 2.75) is 122 Å². The number of unbranched alkanes of at least 4 members (excludes halogenated alkanes) is 2. The average molecular weight is 590 g/mol. The molecule has 4 atom stereocenters. The van der Waals surface area contributed by atoms with Crippen LogP contribution in [0.2, 0.25) is 0 Å². The minimum Gasteiger partial charge on any atom is -0.449 e. The van der Waals surface area contributed by atoms with Gasteiger partial charge in [0.1, 0.15) is 6.04 Å². The molecule has 0 aromatic heterocycles. The number of aliphatic hydroxyl groups excluding tert-OH is 1. The molecule has 1 heterocycles. The molecular formula is C28H49N3O8S. The highest BCUT2D eigenvalue weighted by Crippen LogP contribution is 2.58. The Labute approximate surface area is 241 Å². The molecule has 11 nitrogen and oxygen atoms in total. The van der Waals surface area contributed by atoms with E-state index < -0.39 is 57.5 Å². The molecule has 4 fully saturated rings. The van der Waals surface area contributed by atoms with Crippen LogP contribution >= 0.6 is 0 Å². The van der Waals surface area contributed by atoms with Crippen molar-refractivity contribution in [3.05, 3.63) is 0 Å². The second kappa shape index (κ2) is 13.8. The molecule has 5 N–H and O–H groups in total. The van der Waals surface area contributed by atoms with Gasteiger partial charge < -0.3 is 25.8 Å². The number of carbonyl (C=O) groups excluding carboxylic acids is 3. The molecule has 1 aliphatic heterocycles. The van der Waals surface area contributed by atoms with Gasteiger partial charge in [-0.2, -0.15) is 8.42 Å². The SMILES string of the molecule is [2H]C([2H])(OC(=O)N[C@@H](CC(C)C)C(=O)N[C@@H](C[C@H]1CCNC1=O)C(O)S(=O)(=O)O)C12CCC(CCCCC)(CC1)CC2. The number of ether oxygens (including phenoxy) is 1. The third-order valence-electron chi connectivity index (χ3n) is 9.07. The fourth-order valence-electron chi connectivity index (χ4n) is 6.48. The Morgan fingerprint density at radius 2 is 1.75 bits per heavy atom. The van der Waals surface area contributed by atoms with Crippen LogP contribution in [-0.2, 0) is 24.4 Å². The van der Waals surface area contributed by atoms with E-state index in [-0.39, 0.29) is 30.1 Å². The highest BCUT2D eigenvalue weighted by atomic mass is 32.2. The van der Waals surface area contributed by atoms with Crippen molar-refractivity contribution < 1.29 is 39.9 Å². The molecule has 3 amide bonds. The lowest BCUT2D eigenvalue weighted by atomic mass is 9.53. The zero-order valence-corrected chi connectivity index (χ0v) is 24.9. The molecule has 3 aliphatic carbocycles. The van der Waals surface area contributed by atoms with E-state index in [4.69, 9.17) is 7.48 Å². The van der Waals surface area contributed by atoms with E-state index in [0.29, 0.717) is 32.2 Å². The summed E-state index contributed by atoms with van der Waals surface area (Å²) in [5.41, 5.74) is -2.93. The number of hydrogen-bond acceptors (Lipinski definition) is 7. The molecule has 4 rings (SSSR count). The Kier molecular flexibility index (Phi) is 10.2. The lowest BCUT2D eigenvalue weighted by Crippen LogP contribution is -2.55. The van der Waals surface area contributed by atoms with Crippen LogP contribution in [0.25, 0.3) is 0 Å². The van der Waals surface area contributed by atoms with Crippen LogP contribution in [-0.4, -0.2) is 66.6 Å². The molecule has 0 radical (unpaired) electrons. The summed E-state index contributed by atoms with van der Waals surface area (Å²) in [6.07, 6.45) is 8.34. The van der Waals surface area contributed by atoms with E-state index in [1.807, 2.05) is 0 Å². The van der Waals surface area contributed by atoms with Gasteiger partial charge in [-0.3, -0.25) is 14.1 Å². The molecule has 0 aromatic rings. The fourth-order valence-corrected chi connectivity index (χ4v) is 7.08. The van der Waals surface area contributed by atoms with Crippen molar-refractivity contribution in [1.29, 1.82) is 0 Å². The van der Waals surface area contributed by atoms with Crippen molar-refractivity contribution in [2.24, 2.45) is 22.7 Å².